The Bertz CT molecular complexity index is 1320. The Labute approximate surface area is 212 Å². The zero-order valence-corrected chi connectivity index (χ0v) is 21.0. The van der Waals surface area contributed by atoms with Gasteiger partial charge in [0.15, 0.2) is 5.69 Å². The van der Waals surface area contributed by atoms with Gasteiger partial charge in [0.1, 0.15) is 5.75 Å². The van der Waals surface area contributed by atoms with Crippen molar-refractivity contribution < 1.29 is 22.7 Å². The summed E-state index contributed by atoms with van der Waals surface area (Å²) >= 11 is 12.1. The van der Waals surface area contributed by atoms with E-state index < -0.39 is 26.7 Å². The molecule has 1 aromatic heterocycles. The maximum absolute atomic E-state index is 12.8. The molecule has 0 aliphatic carbocycles. The molecule has 35 heavy (non-hydrogen) atoms. The van der Waals surface area contributed by atoms with Gasteiger partial charge in [-0.25, -0.2) is 18.4 Å². The second kappa shape index (κ2) is 12.0. The molecule has 0 bridgehead atoms. The molecule has 184 valence electrons. The Morgan fingerprint density at radius 3 is 2.43 bits per heavy atom. The third-order valence-corrected chi connectivity index (χ3v) is 6.69. The number of hydrogen-bond donors (Lipinski definition) is 2. The van der Waals surface area contributed by atoms with Crippen molar-refractivity contribution in [3.63, 3.8) is 0 Å². The molecular formula is C23H22Cl2N4O5S. The second-order valence-electron chi connectivity index (χ2n) is 7.21. The van der Waals surface area contributed by atoms with E-state index in [0.29, 0.717) is 23.6 Å². The zero-order valence-electron chi connectivity index (χ0n) is 18.6. The predicted molar refractivity (Wildman–Crippen MR) is 133 cm³/mol. The molecule has 0 aliphatic heterocycles. The first kappa shape index (κ1) is 26.4. The number of anilines is 1. The van der Waals surface area contributed by atoms with Crippen LogP contribution in [-0.4, -0.2) is 43.4 Å². The van der Waals surface area contributed by atoms with Crippen LogP contribution in [-0.2, 0) is 20.4 Å². The van der Waals surface area contributed by atoms with E-state index in [0.717, 1.165) is 6.20 Å². The van der Waals surface area contributed by atoms with E-state index in [1.54, 1.807) is 48.5 Å². The molecule has 0 atom stereocenters. The quantitative estimate of drug-likeness (QED) is 0.376. The summed E-state index contributed by atoms with van der Waals surface area (Å²) < 4.78 is 30.9. The topological polar surface area (TPSA) is 127 Å². The van der Waals surface area contributed by atoms with Gasteiger partial charge >= 0.3 is 0 Å². The number of ether oxygens (including phenoxy) is 1. The first-order valence-corrected chi connectivity index (χ1v) is 12.9. The van der Waals surface area contributed by atoms with Crippen molar-refractivity contribution in [2.45, 2.75) is 24.3 Å². The van der Waals surface area contributed by atoms with Crippen LogP contribution in [0.1, 0.15) is 29.4 Å². The lowest BCUT2D eigenvalue weighted by Crippen LogP contribution is -2.29. The summed E-state index contributed by atoms with van der Waals surface area (Å²) in [7, 11) is -4.00. The number of carbonyl (C=O) groups excluding carboxylic acids is 2. The minimum Gasteiger partial charge on any atom is -0.494 e. The molecule has 0 fully saturated rings. The Hall–Kier alpha value is -3.21. The van der Waals surface area contributed by atoms with Gasteiger partial charge in [-0.05, 0) is 42.8 Å². The van der Waals surface area contributed by atoms with Crippen molar-refractivity contribution in [2.24, 2.45) is 0 Å². The summed E-state index contributed by atoms with van der Waals surface area (Å²) in [6.45, 7) is 2.39. The van der Waals surface area contributed by atoms with Crippen molar-refractivity contribution in [2.75, 3.05) is 18.5 Å². The molecule has 1 heterocycles. The van der Waals surface area contributed by atoms with Gasteiger partial charge in [0, 0.05) is 23.7 Å². The van der Waals surface area contributed by atoms with E-state index in [-0.39, 0.29) is 34.6 Å². The average Bonchev–Trinajstić information content (AvgIpc) is 2.82. The normalized spacial score (nSPS) is 11.1. The predicted octanol–water partition coefficient (Wildman–Crippen LogP) is 3.91. The van der Waals surface area contributed by atoms with Crippen LogP contribution in [0.2, 0.25) is 10.0 Å². The fourth-order valence-electron chi connectivity index (χ4n) is 2.94. The average molecular weight is 537 g/mol. The fourth-order valence-corrected chi connectivity index (χ4v) is 4.64. The third-order valence-electron chi connectivity index (χ3n) is 4.61. The fraction of sp³-hybridized carbons (Fsp3) is 0.217. The monoisotopic (exact) mass is 536 g/mol. The van der Waals surface area contributed by atoms with Crippen LogP contribution in [0.25, 0.3) is 0 Å². The summed E-state index contributed by atoms with van der Waals surface area (Å²) in [4.78, 5) is 32.3. The number of sulfone groups is 1. The van der Waals surface area contributed by atoms with Gasteiger partial charge in [-0.1, -0.05) is 41.4 Å². The van der Waals surface area contributed by atoms with Crippen molar-refractivity contribution >= 4 is 50.5 Å². The first-order chi connectivity index (χ1) is 16.7. The van der Waals surface area contributed by atoms with E-state index in [9.17, 15) is 18.0 Å². The highest BCUT2D eigenvalue weighted by molar-refractivity contribution is 7.90. The molecule has 2 amide bonds. The molecule has 9 nitrogen and oxygen atoms in total. The minimum absolute atomic E-state index is 0.0241. The molecule has 0 saturated heterocycles. The molecule has 3 rings (SSSR count). The highest BCUT2D eigenvalue weighted by Crippen LogP contribution is 2.22. The van der Waals surface area contributed by atoms with Gasteiger partial charge in [-0.2, -0.15) is 0 Å². The molecule has 0 aliphatic rings. The largest absolute Gasteiger partial charge is 0.494 e. The highest BCUT2D eigenvalue weighted by Gasteiger charge is 2.24. The van der Waals surface area contributed by atoms with Gasteiger partial charge in [-0.3, -0.25) is 9.59 Å². The standard InChI is InChI=1S/C23H22Cl2N4O5S/c1-2-34-17-9-7-16(8-10-17)28-20(30)11-12-26-22(31)21-19(25)13-27-23(29-21)35(32,33)14-15-5-3-4-6-18(15)24/h3-10,13H,2,11-12,14H2,1H3,(H,26,31)(H,28,30). The summed E-state index contributed by atoms with van der Waals surface area (Å²) in [6, 6.07) is 13.3. The van der Waals surface area contributed by atoms with Gasteiger partial charge in [0.2, 0.25) is 20.9 Å². The van der Waals surface area contributed by atoms with Crippen molar-refractivity contribution in [1.82, 2.24) is 15.3 Å². The van der Waals surface area contributed by atoms with Gasteiger partial charge in [0.05, 0.1) is 23.6 Å². The molecule has 0 spiro atoms. The number of amides is 2. The number of benzene rings is 2. The maximum atomic E-state index is 12.8. The molecule has 0 unspecified atom stereocenters. The van der Waals surface area contributed by atoms with Crippen LogP contribution < -0.4 is 15.4 Å². The van der Waals surface area contributed by atoms with Crippen LogP contribution >= 0.6 is 23.2 Å². The lowest BCUT2D eigenvalue weighted by Gasteiger charge is -2.09. The van der Waals surface area contributed by atoms with E-state index in [1.165, 1.54) is 0 Å². The van der Waals surface area contributed by atoms with Crippen molar-refractivity contribution in [1.29, 1.82) is 0 Å². The molecular weight excluding hydrogens is 515 g/mol. The van der Waals surface area contributed by atoms with Gasteiger partial charge < -0.3 is 15.4 Å². The molecule has 0 saturated carbocycles. The van der Waals surface area contributed by atoms with E-state index >= 15 is 0 Å². The number of hydrogen-bond acceptors (Lipinski definition) is 7. The number of nitrogens with one attached hydrogen (secondary N) is 2. The number of nitrogens with zero attached hydrogens (tertiary/aromatic N) is 2. The summed E-state index contributed by atoms with van der Waals surface area (Å²) in [5.41, 5.74) is 0.639. The molecule has 2 N–H and O–H groups in total. The summed E-state index contributed by atoms with van der Waals surface area (Å²) in [5, 5.41) is 4.82. The van der Waals surface area contributed by atoms with Crippen LogP contribution in [0.3, 0.4) is 0 Å². The Balaban J connectivity index is 1.59. The summed E-state index contributed by atoms with van der Waals surface area (Å²) in [6.07, 6.45) is 1.01. The van der Waals surface area contributed by atoms with E-state index in [4.69, 9.17) is 27.9 Å². The number of carbonyl (C=O) groups is 2. The van der Waals surface area contributed by atoms with Gasteiger partial charge in [-0.15, -0.1) is 0 Å². The third kappa shape index (κ3) is 7.38. The Morgan fingerprint density at radius 1 is 1.03 bits per heavy atom. The molecule has 12 heteroatoms. The molecule has 3 aromatic rings. The summed E-state index contributed by atoms with van der Waals surface area (Å²) in [5.74, 6) is -0.819. The highest BCUT2D eigenvalue weighted by atomic mass is 35.5. The molecule has 0 radical (unpaired) electrons. The van der Waals surface area contributed by atoms with E-state index in [2.05, 4.69) is 20.6 Å². The maximum Gasteiger partial charge on any atom is 0.271 e. The Kier molecular flexibility index (Phi) is 9.02. The van der Waals surface area contributed by atoms with E-state index in [1.807, 2.05) is 6.92 Å². The SMILES string of the molecule is CCOc1ccc(NC(=O)CCNC(=O)c2nc(S(=O)(=O)Cc3ccccc3Cl)ncc2Cl)cc1. The smallest absolute Gasteiger partial charge is 0.271 e. The van der Waals surface area contributed by atoms with Crippen LogP contribution in [0.5, 0.6) is 5.75 Å². The number of aromatic nitrogens is 2. The van der Waals surface area contributed by atoms with Crippen LogP contribution in [0.4, 0.5) is 5.69 Å². The van der Waals surface area contributed by atoms with Gasteiger partial charge in [0.25, 0.3) is 5.91 Å². The first-order valence-electron chi connectivity index (χ1n) is 10.5. The van der Waals surface area contributed by atoms with Crippen LogP contribution in [0.15, 0.2) is 59.9 Å². The minimum atomic E-state index is -4.00. The van der Waals surface area contributed by atoms with Crippen molar-refractivity contribution in [3.05, 3.63) is 76.0 Å². The van der Waals surface area contributed by atoms with Crippen LogP contribution in [0, 0.1) is 0 Å². The zero-order chi connectivity index (χ0) is 25.4. The van der Waals surface area contributed by atoms with Crippen molar-refractivity contribution in [3.8, 4) is 5.75 Å². The Morgan fingerprint density at radius 2 is 1.74 bits per heavy atom. The number of halogens is 2. The lowest BCUT2D eigenvalue weighted by atomic mass is 10.2. The lowest BCUT2D eigenvalue weighted by molar-refractivity contribution is -0.116. The molecule has 2 aromatic carbocycles. The number of rotatable bonds is 10. The second-order valence-corrected chi connectivity index (χ2v) is 9.91.